The van der Waals surface area contributed by atoms with E-state index in [2.05, 4.69) is 98.0 Å². The number of hydrogen-bond donors (Lipinski definition) is 0. The van der Waals surface area contributed by atoms with Gasteiger partial charge in [0.1, 0.15) is 0 Å². The van der Waals surface area contributed by atoms with Crippen molar-refractivity contribution in [1.82, 2.24) is 0 Å². The number of hydrogen-bond acceptors (Lipinski definition) is 3. The van der Waals surface area contributed by atoms with Crippen LogP contribution in [0.1, 0.15) is 79.7 Å². The third-order valence-electron chi connectivity index (χ3n) is 9.25. The fourth-order valence-corrected chi connectivity index (χ4v) is 6.69. The van der Waals surface area contributed by atoms with E-state index >= 15 is 0 Å². The summed E-state index contributed by atoms with van der Waals surface area (Å²) >= 11 is 0. The predicted molar refractivity (Wildman–Crippen MR) is 155 cm³/mol. The molecule has 1 aliphatic carbocycles. The Bertz CT molecular complexity index is 896. The van der Waals surface area contributed by atoms with Crippen LogP contribution < -0.4 is 0 Å². The summed E-state index contributed by atoms with van der Waals surface area (Å²) in [7, 11) is -1.75. The smallest absolute Gasteiger partial charge is 0.191 e. The molecule has 0 saturated carbocycles. The second kappa shape index (κ2) is 12.1. The molecule has 1 aliphatic heterocycles. The Balaban J connectivity index is 1.62. The minimum Gasteiger partial charge on any atom is -0.417 e. The van der Waals surface area contributed by atoms with Gasteiger partial charge >= 0.3 is 0 Å². The number of benzene rings is 1. The van der Waals surface area contributed by atoms with Crippen LogP contribution in [-0.4, -0.2) is 33.7 Å². The van der Waals surface area contributed by atoms with Gasteiger partial charge in [-0.05, 0) is 79.1 Å². The Morgan fingerprint density at radius 3 is 2.42 bits per heavy atom. The largest absolute Gasteiger partial charge is 0.417 e. The molecule has 36 heavy (non-hydrogen) atoms. The van der Waals surface area contributed by atoms with Crippen LogP contribution in [0.3, 0.4) is 0 Å². The Hall–Kier alpha value is -1.20. The molecule has 202 valence electrons. The Kier molecular flexibility index (Phi) is 9.87. The van der Waals surface area contributed by atoms with E-state index < -0.39 is 8.32 Å². The van der Waals surface area contributed by atoms with Crippen molar-refractivity contribution in [1.29, 1.82) is 0 Å². The molecule has 0 spiro atoms. The van der Waals surface area contributed by atoms with Crippen LogP contribution in [0.5, 0.6) is 0 Å². The van der Waals surface area contributed by atoms with Gasteiger partial charge in [-0.25, -0.2) is 0 Å². The van der Waals surface area contributed by atoms with E-state index in [9.17, 15) is 0 Å². The molecule has 2 aliphatic rings. The first-order chi connectivity index (χ1) is 16.8. The van der Waals surface area contributed by atoms with Gasteiger partial charge in [0, 0.05) is 6.61 Å². The van der Waals surface area contributed by atoms with Crippen LogP contribution in [-0.2, 0) is 20.5 Å². The summed E-state index contributed by atoms with van der Waals surface area (Å²) in [6, 6.07) is 10.4. The molecule has 0 aromatic heterocycles. The van der Waals surface area contributed by atoms with E-state index in [1.54, 1.807) is 5.57 Å². The van der Waals surface area contributed by atoms with Crippen molar-refractivity contribution >= 4 is 8.32 Å². The Morgan fingerprint density at radius 2 is 1.78 bits per heavy atom. The maximum Gasteiger partial charge on any atom is 0.191 e. The van der Waals surface area contributed by atoms with Crippen molar-refractivity contribution in [2.75, 3.05) is 13.2 Å². The minimum absolute atomic E-state index is 0.124. The number of rotatable bonds is 11. The second-order valence-corrected chi connectivity index (χ2v) is 18.0. The van der Waals surface area contributed by atoms with Crippen LogP contribution in [0, 0.1) is 17.3 Å². The Labute approximate surface area is 222 Å². The van der Waals surface area contributed by atoms with Crippen molar-refractivity contribution in [2.24, 2.45) is 17.3 Å². The molecular weight excluding hydrogens is 460 g/mol. The van der Waals surface area contributed by atoms with Gasteiger partial charge in [0.25, 0.3) is 0 Å². The fourth-order valence-electron chi connectivity index (χ4n) is 5.65. The molecule has 0 fully saturated rings. The van der Waals surface area contributed by atoms with Gasteiger partial charge in [-0.1, -0.05) is 89.6 Å². The first-order valence-corrected chi connectivity index (χ1v) is 17.0. The van der Waals surface area contributed by atoms with Crippen LogP contribution in [0.25, 0.3) is 0 Å². The first kappa shape index (κ1) is 29.4. The normalized spacial score (nSPS) is 27.3. The van der Waals surface area contributed by atoms with Crippen LogP contribution in [0.2, 0.25) is 18.1 Å². The molecule has 3 rings (SSSR count). The second-order valence-electron chi connectivity index (χ2n) is 13.2. The lowest BCUT2D eigenvalue weighted by Gasteiger charge is -2.41. The average molecular weight is 513 g/mol. The quantitative estimate of drug-likeness (QED) is 0.219. The highest BCUT2D eigenvalue weighted by Crippen LogP contribution is 2.52. The van der Waals surface area contributed by atoms with Crippen LogP contribution >= 0.6 is 0 Å². The number of ether oxygens (including phenoxy) is 2. The highest BCUT2D eigenvalue weighted by atomic mass is 28.4. The fraction of sp³-hybridized carbons (Fsp3) is 0.688. The van der Waals surface area contributed by atoms with Gasteiger partial charge in [-0.15, -0.1) is 0 Å². The molecule has 4 heteroatoms. The van der Waals surface area contributed by atoms with Crippen molar-refractivity contribution in [2.45, 2.75) is 111 Å². The van der Waals surface area contributed by atoms with Gasteiger partial charge in [0.15, 0.2) is 8.32 Å². The summed E-state index contributed by atoms with van der Waals surface area (Å²) in [5.41, 5.74) is 4.31. The zero-order valence-electron chi connectivity index (χ0n) is 24.5. The molecule has 0 saturated heterocycles. The lowest BCUT2D eigenvalue weighted by molar-refractivity contribution is -0.0550. The standard InChI is InChI=1S/C32H52O3Si/c1-24(2)29-18-16-27(32(29,7)19-20-34-36(8,9)31(4,5)6)21-30-25(3)15-17-28(35-30)23-33-22-26-13-11-10-12-14-26/h10-16,24,28-30H,17-23H2,1-9H3/t28-,29-,30-,32+/m0/s1. The summed E-state index contributed by atoms with van der Waals surface area (Å²) in [5, 5.41) is 0.245. The molecular formula is C32H52O3Si. The highest BCUT2D eigenvalue weighted by Gasteiger charge is 2.44. The Morgan fingerprint density at radius 1 is 1.08 bits per heavy atom. The zero-order valence-corrected chi connectivity index (χ0v) is 25.5. The van der Waals surface area contributed by atoms with Crippen LogP contribution in [0.4, 0.5) is 0 Å². The van der Waals surface area contributed by atoms with Gasteiger partial charge in [-0.2, -0.15) is 0 Å². The maximum absolute atomic E-state index is 6.66. The van der Waals surface area contributed by atoms with Gasteiger partial charge in [0.2, 0.25) is 0 Å². The van der Waals surface area contributed by atoms with E-state index in [-0.39, 0.29) is 22.7 Å². The summed E-state index contributed by atoms with van der Waals surface area (Å²) in [5.74, 6) is 1.31. The van der Waals surface area contributed by atoms with Gasteiger partial charge < -0.3 is 13.9 Å². The summed E-state index contributed by atoms with van der Waals surface area (Å²) in [6.45, 7) is 23.3. The monoisotopic (exact) mass is 512 g/mol. The van der Waals surface area contributed by atoms with E-state index in [0.717, 1.165) is 25.9 Å². The average Bonchev–Trinajstić information content (AvgIpc) is 3.11. The van der Waals surface area contributed by atoms with Gasteiger partial charge in [0.05, 0.1) is 25.4 Å². The zero-order chi connectivity index (χ0) is 26.6. The highest BCUT2D eigenvalue weighted by molar-refractivity contribution is 6.74. The molecule has 1 aromatic carbocycles. The summed E-state index contributed by atoms with van der Waals surface area (Å²) in [4.78, 5) is 0. The minimum atomic E-state index is -1.75. The molecule has 0 bridgehead atoms. The third-order valence-corrected chi connectivity index (χ3v) is 13.8. The molecule has 4 atom stereocenters. The van der Waals surface area contributed by atoms with E-state index in [0.29, 0.717) is 25.0 Å². The molecule has 1 aromatic rings. The van der Waals surface area contributed by atoms with E-state index in [1.807, 2.05) is 6.07 Å². The summed E-state index contributed by atoms with van der Waals surface area (Å²) in [6.07, 6.45) is 9.34. The van der Waals surface area contributed by atoms with Gasteiger partial charge in [-0.3, -0.25) is 0 Å². The van der Waals surface area contributed by atoms with E-state index in [1.165, 1.54) is 17.6 Å². The molecule has 3 nitrogen and oxygen atoms in total. The van der Waals surface area contributed by atoms with Crippen molar-refractivity contribution < 1.29 is 13.9 Å². The van der Waals surface area contributed by atoms with Crippen molar-refractivity contribution in [3.8, 4) is 0 Å². The maximum atomic E-state index is 6.66. The first-order valence-electron chi connectivity index (χ1n) is 14.1. The summed E-state index contributed by atoms with van der Waals surface area (Å²) < 4.78 is 19.3. The van der Waals surface area contributed by atoms with Crippen molar-refractivity contribution in [3.05, 3.63) is 59.2 Å². The van der Waals surface area contributed by atoms with Crippen LogP contribution in [0.15, 0.2) is 53.6 Å². The lowest BCUT2D eigenvalue weighted by atomic mass is 9.67. The molecule has 1 heterocycles. The lowest BCUT2D eigenvalue weighted by Crippen LogP contribution is -2.42. The topological polar surface area (TPSA) is 27.7 Å². The predicted octanol–water partition coefficient (Wildman–Crippen LogP) is 8.72. The number of allylic oxidation sites excluding steroid dienone is 1. The molecule has 0 unspecified atom stereocenters. The molecule has 0 N–H and O–H groups in total. The molecule has 0 radical (unpaired) electrons. The third kappa shape index (κ3) is 7.21. The molecule has 0 amide bonds. The SMILES string of the molecule is CC1=CC[C@@H](COCc2ccccc2)O[C@H]1CC1=CC[C@@H](C(C)C)[C@]1(C)CCO[Si](C)(C)C(C)(C)C. The van der Waals surface area contributed by atoms with E-state index in [4.69, 9.17) is 13.9 Å². The van der Waals surface area contributed by atoms with Crippen molar-refractivity contribution in [3.63, 3.8) is 0 Å².